The standard InChI is InChI=1S/C21H28N2O6/c1-21(2,3)29-20(26)23-12-15(8-9-17(23)19(25)27-4)28-14-7-5-13-6-10-18(24)22-16(13)11-14/h5,7,11,15,17H,6,8-10,12H2,1-4H3,(H,22,24)/t15-,17+/m0/s1. The lowest BCUT2D eigenvalue weighted by atomic mass is 10.00. The molecule has 29 heavy (non-hydrogen) atoms. The van der Waals surface area contributed by atoms with Gasteiger partial charge in [-0.15, -0.1) is 0 Å². The van der Waals surface area contributed by atoms with Crippen molar-refractivity contribution in [3.8, 4) is 5.75 Å². The number of fused-ring (bicyclic) bond motifs is 1. The minimum atomic E-state index is -0.697. The Morgan fingerprint density at radius 2 is 1.93 bits per heavy atom. The van der Waals surface area contributed by atoms with Gasteiger partial charge in [0.15, 0.2) is 0 Å². The Labute approximate surface area is 170 Å². The van der Waals surface area contributed by atoms with Gasteiger partial charge in [-0.25, -0.2) is 9.59 Å². The number of carbonyl (C=O) groups is 3. The molecule has 2 atom stereocenters. The highest BCUT2D eigenvalue weighted by atomic mass is 16.6. The number of ether oxygens (including phenoxy) is 3. The molecule has 0 aromatic heterocycles. The molecule has 1 saturated heterocycles. The Morgan fingerprint density at radius 1 is 1.17 bits per heavy atom. The second-order valence-electron chi connectivity index (χ2n) is 8.36. The summed E-state index contributed by atoms with van der Waals surface area (Å²) in [5, 5.41) is 2.86. The van der Waals surface area contributed by atoms with Gasteiger partial charge in [0.25, 0.3) is 0 Å². The van der Waals surface area contributed by atoms with Crippen LogP contribution in [0.3, 0.4) is 0 Å². The van der Waals surface area contributed by atoms with Gasteiger partial charge in [-0.2, -0.15) is 0 Å². The Kier molecular flexibility index (Phi) is 6.00. The number of rotatable bonds is 3. The number of likely N-dealkylation sites (tertiary alicyclic amines) is 1. The number of nitrogens with zero attached hydrogens (tertiary/aromatic N) is 1. The average Bonchev–Trinajstić information content (AvgIpc) is 2.65. The van der Waals surface area contributed by atoms with E-state index in [0.29, 0.717) is 31.4 Å². The summed E-state index contributed by atoms with van der Waals surface area (Å²) in [5.41, 5.74) is 1.15. The molecule has 0 saturated carbocycles. The van der Waals surface area contributed by atoms with E-state index in [1.165, 1.54) is 12.0 Å². The summed E-state index contributed by atoms with van der Waals surface area (Å²) in [6.45, 7) is 5.53. The zero-order valence-corrected chi connectivity index (χ0v) is 17.3. The van der Waals surface area contributed by atoms with Crippen molar-refractivity contribution in [3.05, 3.63) is 23.8 Å². The Balaban J connectivity index is 1.72. The number of anilines is 1. The predicted octanol–water partition coefficient (Wildman–Crippen LogP) is 2.89. The highest BCUT2D eigenvalue weighted by molar-refractivity contribution is 5.94. The van der Waals surface area contributed by atoms with Crippen molar-refractivity contribution in [2.45, 2.75) is 64.2 Å². The Morgan fingerprint density at radius 3 is 2.62 bits per heavy atom. The number of esters is 1. The topological polar surface area (TPSA) is 94.2 Å². The molecule has 2 aliphatic heterocycles. The first kappa shape index (κ1) is 21.0. The summed E-state index contributed by atoms with van der Waals surface area (Å²) >= 11 is 0. The van der Waals surface area contributed by atoms with E-state index >= 15 is 0 Å². The van der Waals surface area contributed by atoms with Crippen molar-refractivity contribution >= 4 is 23.7 Å². The van der Waals surface area contributed by atoms with Gasteiger partial charge in [0.2, 0.25) is 5.91 Å². The molecule has 8 heteroatoms. The molecule has 1 aromatic rings. The second kappa shape index (κ2) is 8.31. The quantitative estimate of drug-likeness (QED) is 0.779. The smallest absolute Gasteiger partial charge is 0.411 e. The first-order valence-corrected chi connectivity index (χ1v) is 9.83. The number of nitrogens with one attached hydrogen (secondary N) is 1. The van der Waals surface area contributed by atoms with Crippen molar-refractivity contribution in [2.24, 2.45) is 0 Å². The first-order valence-electron chi connectivity index (χ1n) is 9.83. The van der Waals surface area contributed by atoms with E-state index in [1.807, 2.05) is 12.1 Å². The number of carbonyl (C=O) groups excluding carboxylic acids is 3. The third-order valence-corrected chi connectivity index (χ3v) is 4.92. The summed E-state index contributed by atoms with van der Waals surface area (Å²) in [6, 6.07) is 4.91. The van der Waals surface area contributed by atoms with Crippen LogP contribution in [0.5, 0.6) is 5.75 Å². The largest absolute Gasteiger partial charge is 0.489 e. The highest BCUT2D eigenvalue weighted by Crippen LogP contribution is 2.30. The monoisotopic (exact) mass is 404 g/mol. The van der Waals surface area contributed by atoms with Crippen molar-refractivity contribution in [3.63, 3.8) is 0 Å². The molecule has 158 valence electrons. The Bertz CT molecular complexity index is 801. The molecule has 1 fully saturated rings. The zero-order chi connectivity index (χ0) is 21.2. The van der Waals surface area contributed by atoms with E-state index in [9.17, 15) is 14.4 Å². The molecule has 2 amide bonds. The molecular weight excluding hydrogens is 376 g/mol. The normalized spacial score (nSPS) is 21.7. The molecule has 1 aromatic carbocycles. The zero-order valence-electron chi connectivity index (χ0n) is 17.3. The molecule has 0 spiro atoms. The van der Waals surface area contributed by atoms with Crippen molar-refractivity contribution in [2.75, 3.05) is 19.0 Å². The number of methoxy groups -OCH3 is 1. The Hall–Kier alpha value is -2.77. The van der Waals surface area contributed by atoms with E-state index in [1.54, 1.807) is 26.8 Å². The molecule has 2 heterocycles. The molecular formula is C21H28N2O6. The van der Waals surface area contributed by atoms with Gasteiger partial charge in [0.05, 0.1) is 13.7 Å². The predicted molar refractivity (Wildman–Crippen MR) is 106 cm³/mol. The van der Waals surface area contributed by atoms with Gasteiger partial charge in [0.1, 0.15) is 23.5 Å². The van der Waals surface area contributed by atoms with Gasteiger partial charge in [-0.3, -0.25) is 9.69 Å². The molecule has 3 rings (SSSR count). The van der Waals surface area contributed by atoms with Crippen LogP contribution in [0.1, 0.15) is 45.6 Å². The van der Waals surface area contributed by atoms with Gasteiger partial charge in [0, 0.05) is 18.2 Å². The maximum Gasteiger partial charge on any atom is 0.411 e. The van der Waals surface area contributed by atoms with E-state index < -0.39 is 23.7 Å². The van der Waals surface area contributed by atoms with Gasteiger partial charge in [-0.05, 0) is 51.7 Å². The summed E-state index contributed by atoms with van der Waals surface area (Å²) in [5.74, 6) is 0.131. The summed E-state index contributed by atoms with van der Waals surface area (Å²) in [6.07, 6.45) is 1.31. The van der Waals surface area contributed by atoms with Crippen LogP contribution in [0.25, 0.3) is 0 Å². The van der Waals surface area contributed by atoms with Crippen LogP contribution in [0.4, 0.5) is 10.5 Å². The molecule has 0 bridgehead atoms. The minimum Gasteiger partial charge on any atom is -0.489 e. The van der Waals surface area contributed by atoms with E-state index in [0.717, 1.165) is 11.3 Å². The molecule has 0 radical (unpaired) electrons. The van der Waals surface area contributed by atoms with Gasteiger partial charge < -0.3 is 19.5 Å². The lowest BCUT2D eigenvalue weighted by Crippen LogP contribution is -2.54. The fourth-order valence-corrected chi connectivity index (χ4v) is 3.55. The fraction of sp³-hybridized carbons (Fsp3) is 0.571. The fourth-order valence-electron chi connectivity index (χ4n) is 3.55. The molecule has 8 nitrogen and oxygen atoms in total. The molecule has 0 unspecified atom stereocenters. The highest BCUT2D eigenvalue weighted by Gasteiger charge is 2.39. The van der Waals surface area contributed by atoms with E-state index in [-0.39, 0.29) is 18.6 Å². The summed E-state index contributed by atoms with van der Waals surface area (Å²) in [4.78, 5) is 37.8. The number of amides is 2. The van der Waals surface area contributed by atoms with Crippen LogP contribution in [0.15, 0.2) is 18.2 Å². The summed E-state index contributed by atoms with van der Waals surface area (Å²) in [7, 11) is 1.31. The van der Waals surface area contributed by atoms with E-state index in [4.69, 9.17) is 14.2 Å². The first-order chi connectivity index (χ1) is 13.7. The number of hydrogen-bond acceptors (Lipinski definition) is 6. The van der Waals surface area contributed by atoms with Crippen molar-refractivity contribution in [1.29, 1.82) is 0 Å². The lowest BCUT2D eigenvalue weighted by molar-refractivity contribution is -0.149. The third kappa shape index (κ3) is 5.19. The molecule has 0 aliphatic carbocycles. The van der Waals surface area contributed by atoms with Crippen LogP contribution in [0.2, 0.25) is 0 Å². The molecule has 2 aliphatic rings. The maximum atomic E-state index is 12.7. The van der Waals surface area contributed by atoms with Crippen LogP contribution in [0, 0.1) is 0 Å². The van der Waals surface area contributed by atoms with Crippen molar-refractivity contribution < 1.29 is 28.6 Å². The maximum absolute atomic E-state index is 12.7. The number of piperidine rings is 1. The average molecular weight is 404 g/mol. The number of aryl methyl sites for hydroxylation is 1. The van der Waals surface area contributed by atoms with Gasteiger partial charge in [-0.1, -0.05) is 6.07 Å². The van der Waals surface area contributed by atoms with Crippen molar-refractivity contribution in [1.82, 2.24) is 4.90 Å². The molecule has 1 N–H and O–H groups in total. The number of hydrogen-bond donors (Lipinski definition) is 1. The SMILES string of the molecule is COC(=O)[C@H]1CC[C@H](Oc2ccc3c(c2)NC(=O)CC3)CN1C(=O)OC(C)(C)C. The van der Waals surface area contributed by atoms with E-state index in [2.05, 4.69) is 5.32 Å². The number of benzene rings is 1. The van der Waals surface area contributed by atoms with Crippen LogP contribution < -0.4 is 10.1 Å². The van der Waals surface area contributed by atoms with Crippen LogP contribution >= 0.6 is 0 Å². The van der Waals surface area contributed by atoms with Gasteiger partial charge >= 0.3 is 12.1 Å². The third-order valence-electron chi connectivity index (χ3n) is 4.92. The lowest BCUT2D eigenvalue weighted by Gasteiger charge is -2.38. The van der Waals surface area contributed by atoms with Crippen LogP contribution in [-0.4, -0.2) is 54.3 Å². The second-order valence-corrected chi connectivity index (χ2v) is 8.36. The minimum absolute atomic E-state index is 0.00987. The van der Waals surface area contributed by atoms with Crippen LogP contribution in [-0.2, 0) is 25.5 Å². The summed E-state index contributed by atoms with van der Waals surface area (Å²) < 4.78 is 16.4.